The highest BCUT2D eigenvalue weighted by Crippen LogP contribution is 2.12. The van der Waals surface area contributed by atoms with E-state index < -0.39 is 0 Å². The van der Waals surface area contributed by atoms with Gasteiger partial charge in [0.15, 0.2) is 0 Å². The van der Waals surface area contributed by atoms with Crippen LogP contribution in [0.3, 0.4) is 0 Å². The van der Waals surface area contributed by atoms with Crippen LogP contribution in [0, 0.1) is 0 Å². The minimum absolute atomic E-state index is 0.116. The lowest BCUT2D eigenvalue weighted by Gasteiger charge is -2.35. The van der Waals surface area contributed by atoms with E-state index in [1.807, 2.05) is 6.92 Å². The molecule has 1 saturated heterocycles. The highest BCUT2D eigenvalue weighted by atomic mass is 35.5. The van der Waals surface area contributed by atoms with E-state index in [1.165, 1.54) is 0 Å². The minimum Gasteiger partial charge on any atom is -0.371 e. The SMILES string of the molecule is CC1CN(CCCF)CC(CCl)O1. The summed E-state index contributed by atoms with van der Waals surface area (Å²) in [6.45, 7) is 4.34. The third kappa shape index (κ3) is 3.79. The summed E-state index contributed by atoms with van der Waals surface area (Å²) in [4.78, 5) is 2.22. The number of hydrogen-bond donors (Lipinski definition) is 0. The Morgan fingerprint density at radius 3 is 2.92 bits per heavy atom. The molecule has 1 heterocycles. The van der Waals surface area contributed by atoms with E-state index >= 15 is 0 Å². The van der Waals surface area contributed by atoms with Gasteiger partial charge < -0.3 is 4.74 Å². The Labute approximate surface area is 84.0 Å². The maximum absolute atomic E-state index is 11.9. The van der Waals surface area contributed by atoms with Crippen LogP contribution >= 0.6 is 11.6 Å². The summed E-state index contributed by atoms with van der Waals surface area (Å²) in [5, 5.41) is 0. The summed E-state index contributed by atoms with van der Waals surface area (Å²) in [5.74, 6) is 0.524. The largest absolute Gasteiger partial charge is 0.371 e. The molecule has 4 heteroatoms. The van der Waals surface area contributed by atoms with Crippen LogP contribution in [-0.4, -0.2) is 49.3 Å². The molecule has 13 heavy (non-hydrogen) atoms. The summed E-state index contributed by atoms with van der Waals surface area (Å²) >= 11 is 5.72. The zero-order valence-corrected chi connectivity index (χ0v) is 8.76. The molecule has 0 aromatic carbocycles. The van der Waals surface area contributed by atoms with Crippen LogP contribution in [0.4, 0.5) is 4.39 Å². The topological polar surface area (TPSA) is 12.5 Å². The number of morpholine rings is 1. The molecular formula is C9H17ClFNO. The normalized spacial score (nSPS) is 30.7. The molecule has 2 nitrogen and oxygen atoms in total. The van der Waals surface area contributed by atoms with Gasteiger partial charge in [-0.3, -0.25) is 9.29 Å². The Hall–Kier alpha value is 0.140. The van der Waals surface area contributed by atoms with Gasteiger partial charge in [0.2, 0.25) is 0 Å². The van der Waals surface area contributed by atoms with Crippen molar-refractivity contribution in [2.45, 2.75) is 25.6 Å². The first-order valence-corrected chi connectivity index (χ1v) is 5.29. The summed E-state index contributed by atoms with van der Waals surface area (Å²) in [6.07, 6.45) is 0.948. The molecule has 0 amide bonds. The zero-order valence-electron chi connectivity index (χ0n) is 8.01. The fourth-order valence-electron chi connectivity index (χ4n) is 1.69. The average Bonchev–Trinajstić information content (AvgIpc) is 2.14. The van der Waals surface area contributed by atoms with E-state index in [-0.39, 0.29) is 18.9 Å². The summed E-state index contributed by atoms with van der Waals surface area (Å²) in [6, 6.07) is 0. The lowest BCUT2D eigenvalue weighted by molar-refractivity contribution is -0.0667. The quantitative estimate of drug-likeness (QED) is 0.654. The third-order valence-corrected chi connectivity index (χ3v) is 2.53. The predicted octanol–water partition coefficient (Wildman–Crippen LogP) is 1.67. The molecule has 0 radical (unpaired) electrons. The van der Waals surface area contributed by atoms with Crippen LogP contribution in [0.5, 0.6) is 0 Å². The maximum Gasteiger partial charge on any atom is 0.0906 e. The molecule has 0 saturated carbocycles. The molecule has 78 valence electrons. The van der Waals surface area contributed by atoms with Crippen LogP contribution in [0.2, 0.25) is 0 Å². The Morgan fingerprint density at radius 1 is 1.54 bits per heavy atom. The monoisotopic (exact) mass is 209 g/mol. The molecule has 0 bridgehead atoms. The van der Waals surface area contributed by atoms with Crippen molar-refractivity contribution in [3.8, 4) is 0 Å². The molecule has 1 fully saturated rings. The molecular weight excluding hydrogens is 193 g/mol. The van der Waals surface area contributed by atoms with Gasteiger partial charge in [-0.1, -0.05) is 0 Å². The van der Waals surface area contributed by atoms with Crippen molar-refractivity contribution in [2.75, 3.05) is 32.2 Å². The third-order valence-electron chi connectivity index (χ3n) is 2.18. The minimum atomic E-state index is -0.239. The smallest absolute Gasteiger partial charge is 0.0906 e. The zero-order chi connectivity index (χ0) is 9.68. The molecule has 0 N–H and O–H groups in total. The molecule has 2 atom stereocenters. The Morgan fingerprint density at radius 2 is 2.31 bits per heavy atom. The first-order valence-electron chi connectivity index (χ1n) is 4.76. The van der Waals surface area contributed by atoms with E-state index in [9.17, 15) is 4.39 Å². The summed E-state index contributed by atoms with van der Waals surface area (Å²) < 4.78 is 17.5. The highest BCUT2D eigenvalue weighted by Gasteiger charge is 2.23. The Kier molecular flexibility index (Phi) is 4.99. The van der Waals surface area contributed by atoms with Crippen LogP contribution in [-0.2, 0) is 4.74 Å². The lowest BCUT2D eigenvalue weighted by atomic mass is 10.2. The fourth-order valence-corrected chi connectivity index (χ4v) is 1.86. The molecule has 1 aliphatic heterocycles. The van der Waals surface area contributed by atoms with E-state index in [4.69, 9.17) is 16.3 Å². The number of rotatable bonds is 4. The highest BCUT2D eigenvalue weighted by molar-refractivity contribution is 6.18. The van der Waals surface area contributed by atoms with Crippen LogP contribution < -0.4 is 0 Å². The Bertz CT molecular complexity index is 148. The van der Waals surface area contributed by atoms with Gasteiger partial charge in [-0.15, -0.1) is 11.6 Å². The molecule has 1 aliphatic rings. The van der Waals surface area contributed by atoms with Crippen LogP contribution in [0.15, 0.2) is 0 Å². The van der Waals surface area contributed by atoms with Gasteiger partial charge in [0.1, 0.15) is 0 Å². The van der Waals surface area contributed by atoms with E-state index in [0.29, 0.717) is 12.3 Å². The van der Waals surface area contributed by atoms with Crippen molar-refractivity contribution in [2.24, 2.45) is 0 Å². The first kappa shape index (κ1) is 11.2. The van der Waals surface area contributed by atoms with E-state index in [1.54, 1.807) is 0 Å². The molecule has 0 aromatic heterocycles. The number of ether oxygens (including phenoxy) is 1. The van der Waals surface area contributed by atoms with E-state index in [0.717, 1.165) is 19.6 Å². The van der Waals surface area contributed by atoms with Gasteiger partial charge in [-0.05, 0) is 13.3 Å². The average molecular weight is 210 g/mol. The second kappa shape index (κ2) is 5.78. The van der Waals surface area contributed by atoms with Gasteiger partial charge in [-0.25, -0.2) is 0 Å². The van der Waals surface area contributed by atoms with Crippen molar-refractivity contribution in [1.82, 2.24) is 4.90 Å². The van der Waals surface area contributed by atoms with Gasteiger partial charge in [0.25, 0.3) is 0 Å². The second-order valence-electron chi connectivity index (χ2n) is 3.53. The molecule has 0 aromatic rings. The summed E-state index contributed by atoms with van der Waals surface area (Å²) in [5.41, 5.74) is 0. The standard InChI is InChI=1S/C9H17ClFNO/c1-8-6-12(4-2-3-11)7-9(5-10)13-8/h8-9H,2-7H2,1H3. The number of halogens is 2. The maximum atomic E-state index is 11.9. The van der Waals surface area contributed by atoms with Crippen molar-refractivity contribution in [3.05, 3.63) is 0 Å². The van der Waals surface area contributed by atoms with Gasteiger partial charge in [-0.2, -0.15) is 0 Å². The Balaban J connectivity index is 2.29. The molecule has 1 rings (SSSR count). The fraction of sp³-hybridized carbons (Fsp3) is 1.00. The number of alkyl halides is 2. The van der Waals surface area contributed by atoms with Crippen molar-refractivity contribution in [1.29, 1.82) is 0 Å². The van der Waals surface area contributed by atoms with Crippen molar-refractivity contribution < 1.29 is 9.13 Å². The first-order chi connectivity index (χ1) is 6.26. The lowest BCUT2D eigenvalue weighted by Crippen LogP contribution is -2.47. The predicted molar refractivity (Wildman–Crippen MR) is 52.1 cm³/mol. The summed E-state index contributed by atoms with van der Waals surface area (Å²) in [7, 11) is 0. The molecule has 0 spiro atoms. The molecule has 2 unspecified atom stereocenters. The molecule has 0 aliphatic carbocycles. The number of hydrogen-bond acceptors (Lipinski definition) is 2. The van der Waals surface area contributed by atoms with Gasteiger partial charge in [0, 0.05) is 25.5 Å². The van der Waals surface area contributed by atoms with Crippen molar-refractivity contribution >= 4 is 11.6 Å². The van der Waals surface area contributed by atoms with Crippen LogP contribution in [0.1, 0.15) is 13.3 Å². The van der Waals surface area contributed by atoms with Crippen LogP contribution in [0.25, 0.3) is 0 Å². The number of nitrogens with zero attached hydrogens (tertiary/aromatic N) is 1. The van der Waals surface area contributed by atoms with Gasteiger partial charge in [0.05, 0.1) is 18.9 Å². The van der Waals surface area contributed by atoms with Crippen molar-refractivity contribution in [3.63, 3.8) is 0 Å². The van der Waals surface area contributed by atoms with E-state index in [2.05, 4.69) is 4.90 Å². The van der Waals surface area contributed by atoms with Gasteiger partial charge >= 0.3 is 0 Å². The second-order valence-corrected chi connectivity index (χ2v) is 3.83.